The number of hydrogen-bond acceptors (Lipinski definition) is 3. The van der Waals surface area contributed by atoms with Crippen LogP contribution in [0.15, 0.2) is 72.8 Å². The Labute approximate surface area is 212 Å². The summed E-state index contributed by atoms with van der Waals surface area (Å²) in [6, 6.07) is 23.1. The number of carbonyl (C=O) groups excluding carboxylic acids is 1. The van der Waals surface area contributed by atoms with E-state index in [9.17, 15) is 9.59 Å². The van der Waals surface area contributed by atoms with E-state index >= 15 is 0 Å². The summed E-state index contributed by atoms with van der Waals surface area (Å²) in [6.07, 6.45) is 5.55. The van der Waals surface area contributed by atoms with Crippen molar-refractivity contribution in [2.45, 2.75) is 38.5 Å². The second-order valence-electron chi connectivity index (χ2n) is 7.97. The first-order valence-electron chi connectivity index (χ1n) is 11.2. The highest BCUT2D eigenvalue weighted by molar-refractivity contribution is 6.33. The van der Waals surface area contributed by atoms with Crippen LogP contribution in [0.2, 0.25) is 5.02 Å². The van der Waals surface area contributed by atoms with Crippen LogP contribution in [-0.2, 0) is 17.6 Å². The number of unbranched alkanes of at least 4 members (excludes halogenated alkanes) is 2. The predicted molar refractivity (Wildman–Crippen MR) is 142 cm³/mol. The Hall–Kier alpha value is -3.02. The molecule has 0 aliphatic rings. The Kier molecular flexibility index (Phi) is 11.4. The standard InChI is InChI=1S/C27H29ClN2O3.ClH/c28-25-16-15-23(19-24(25)27(32)33)30-26(31)17-12-21-10-13-22(14-11-21)29-18-6-2-5-9-20-7-3-1-4-8-20;/h1,3-4,7-8,10-11,13-16,19,29H,2,5-6,9,12,17-18H2,(H,30,31)(H,32,33);1H. The molecule has 5 nitrogen and oxygen atoms in total. The lowest BCUT2D eigenvalue weighted by molar-refractivity contribution is -0.116. The molecule has 0 saturated carbocycles. The Morgan fingerprint density at radius 2 is 1.47 bits per heavy atom. The van der Waals surface area contributed by atoms with Gasteiger partial charge in [-0.2, -0.15) is 0 Å². The van der Waals surface area contributed by atoms with Crippen LogP contribution in [0, 0.1) is 0 Å². The summed E-state index contributed by atoms with van der Waals surface area (Å²) in [5.41, 5.74) is 3.93. The van der Waals surface area contributed by atoms with Crippen molar-refractivity contribution in [1.82, 2.24) is 0 Å². The summed E-state index contributed by atoms with van der Waals surface area (Å²) in [6.45, 7) is 0.940. The molecule has 0 aromatic heterocycles. The molecule has 0 unspecified atom stereocenters. The second-order valence-corrected chi connectivity index (χ2v) is 8.38. The first-order chi connectivity index (χ1) is 16.0. The summed E-state index contributed by atoms with van der Waals surface area (Å²) in [4.78, 5) is 23.4. The number of aryl methyl sites for hydroxylation is 2. The molecule has 3 rings (SSSR count). The molecule has 0 fully saturated rings. The Morgan fingerprint density at radius 1 is 0.794 bits per heavy atom. The molecule has 3 aromatic rings. The SMILES string of the molecule is Cl.O=C(CCc1ccc(NCCCCCc2ccccc2)cc1)Nc1ccc(Cl)c(C(=O)O)c1. The van der Waals surface area contributed by atoms with Crippen molar-refractivity contribution in [1.29, 1.82) is 0 Å². The van der Waals surface area contributed by atoms with Crippen molar-refractivity contribution in [3.05, 3.63) is 94.5 Å². The van der Waals surface area contributed by atoms with Crippen molar-refractivity contribution in [3.8, 4) is 0 Å². The highest BCUT2D eigenvalue weighted by atomic mass is 35.5. The number of carbonyl (C=O) groups is 2. The minimum atomic E-state index is -1.13. The molecule has 0 saturated heterocycles. The van der Waals surface area contributed by atoms with E-state index in [4.69, 9.17) is 16.7 Å². The fourth-order valence-corrected chi connectivity index (χ4v) is 3.74. The number of amides is 1. The zero-order valence-electron chi connectivity index (χ0n) is 18.9. The minimum Gasteiger partial charge on any atom is -0.478 e. The van der Waals surface area contributed by atoms with Gasteiger partial charge in [0.05, 0.1) is 10.6 Å². The lowest BCUT2D eigenvalue weighted by Crippen LogP contribution is -2.13. The third-order valence-electron chi connectivity index (χ3n) is 5.39. The second kappa shape index (κ2) is 14.3. The van der Waals surface area contributed by atoms with Gasteiger partial charge in [-0.1, -0.05) is 60.5 Å². The molecular formula is C27H30Cl2N2O3. The first kappa shape index (κ1) is 27.2. The number of rotatable bonds is 12. The van der Waals surface area contributed by atoms with Gasteiger partial charge in [-0.3, -0.25) is 4.79 Å². The van der Waals surface area contributed by atoms with Gasteiger partial charge in [-0.15, -0.1) is 12.4 Å². The fraction of sp³-hybridized carbons (Fsp3) is 0.259. The number of carboxylic acids is 1. The minimum absolute atomic E-state index is 0. The van der Waals surface area contributed by atoms with Crippen LogP contribution in [0.25, 0.3) is 0 Å². The van der Waals surface area contributed by atoms with Gasteiger partial charge < -0.3 is 15.7 Å². The maximum atomic E-state index is 12.2. The summed E-state index contributed by atoms with van der Waals surface area (Å²) >= 11 is 5.86. The smallest absolute Gasteiger partial charge is 0.337 e. The highest BCUT2D eigenvalue weighted by Crippen LogP contribution is 2.21. The fourth-order valence-electron chi connectivity index (χ4n) is 3.55. The van der Waals surface area contributed by atoms with Gasteiger partial charge in [-0.05, 0) is 67.1 Å². The normalized spacial score (nSPS) is 10.3. The van der Waals surface area contributed by atoms with E-state index in [1.165, 1.54) is 30.5 Å². The number of nitrogens with one attached hydrogen (secondary N) is 2. The van der Waals surface area contributed by atoms with Crippen LogP contribution in [0.4, 0.5) is 11.4 Å². The zero-order valence-corrected chi connectivity index (χ0v) is 20.5. The van der Waals surface area contributed by atoms with Crippen molar-refractivity contribution in [2.75, 3.05) is 17.2 Å². The lowest BCUT2D eigenvalue weighted by atomic mass is 10.1. The van der Waals surface area contributed by atoms with E-state index in [0.29, 0.717) is 18.5 Å². The molecule has 1 amide bonds. The van der Waals surface area contributed by atoms with Gasteiger partial charge in [0.15, 0.2) is 0 Å². The topological polar surface area (TPSA) is 78.4 Å². The number of anilines is 2. The molecule has 34 heavy (non-hydrogen) atoms. The summed E-state index contributed by atoms with van der Waals surface area (Å²) < 4.78 is 0. The summed E-state index contributed by atoms with van der Waals surface area (Å²) in [5.74, 6) is -1.30. The van der Waals surface area contributed by atoms with Crippen molar-refractivity contribution in [3.63, 3.8) is 0 Å². The van der Waals surface area contributed by atoms with Crippen LogP contribution in [-0.4, -0.2) is 23.5 Å². The predicted octanol–water partition coefficient (Wildman–Crippen LogP) is 6.86. The van der Waals surface area contributed by atoms with Crippen LogP contribution >= 0.6 is 24.0 Å². The van der Waals surface area contributed by atoms with Crippen LogP contribution in [0.3, 0.4) is 0 Å². The van der Waals surface area contributed by atoms with Crippen LogP contribution in [0.1, 0.15) is 47.2 Å². The molecule has 7 heteroatoms. The van der Waals surface area contributed by atoms with E-state index in [0.717, 1.165) is 30.6 Å². The molecule has 3 N–H and O–H groups in total. The third kappa shape index (κ3) is 9.08. The van der Waals surface area contributed by atoms with Crippen LogP contribution < -0.4 is 10.6 Å². The number of hydrogen-bond donors (Lipinski definition) is 3. The molecule has 0 aliphatic heterocycles. The number of carboxylic acid groups (broad SMARTS) is 1. The Bertz CT molecular complexity index is 1060. The van der Waals surface area contributed by atoms with E-state index in [1.807, 2.05) is 30.3 Å². The molecule has 180 valence electrons. The Balaban J connectivity index is 0.00000408. The molecule has 0 atom stereocenters. The summed E-state index contributed by atoms with van der Waals surface area (Å²) in [7, 11) is 0. The van der Waals surface area contributed by atoms with Gasteiger partial charge in [0.25, 0.3) is 0 Å². The molecular weight excluding hydrogens is 471 g/mol. The Morgan fingerprint density at radius 3 is 2.18 bits per heavy atom. The van der Waals surface area contributed by atoms with E-state index < -0.39 is 5.97 Å². The van der Waals surface area contributed by atoms with E-state index in [1.54, 1.807) is 6.07 Å². The highest BCUT2D eigenvalue weighted by Gasteiger charge is 2.11. The quantitative estimate of drug-likeness (QED) is 0.237. The van der Waals surface area contributed by atoms with Crippen molar-refractivity contribution >= 4 is 47.3 Å². The monoisotopic (exact) mass is 500 g/mol. The average molecular weight is 501 g/mol. The van der Waals surface area contributed by atoms with Crippen molar-refractivity contribution in [2.24, 2.45) is 0 Å². The van der Waals surface area contributed by atoms with Gasteiger partial charge in [0, 0.05) is 24.3 Å². The van der Waals surface area contributed by atoms with Crippen molar-refractivity contribution < 1.29 is 14.7 Å². The van der Waals surface area contributed by atoms with Gasteiger partial charge in [-0.25, -0.2) is 4.79 Å². The van der Waals surface area contributed by atoms with Gasteiger partial charge in [0.2, 0.25) is 5.91 Å². The molecule has 0 aliphatic carbocycles. The largest absolute Gasteiger partial charge is 0.478 e. The molecule has 0 bridgehead atoms. The molecule has 3 aromatic carbocycles. The number of aromatic carboxylic acids is 1. The maximum absolute atomic E-state index is 12.2. The zero-order chi connectivity index (χ0) is 23.5. The molecule has 0 spiro atoms. The number of halogens is 2. The number of benzene rings is 3. The van der Waals surface area contributed by atoms with Crippen LogP contribution in [0.5, 0.6) is 0 Å². The van der Waals surface area contributed by atoms with Gasteiger partial charge >= 0.3 is 5.97 Å². The summed E-state index contributed by atoms with van der Waals surface area (Å²) in [5, 5.41) is 15.4. The molecule has 0 heterocycles. The third-order valence-corrected chi connectivity index (χ3v) is 5.72. The first-order valence-corrected chi connectivity index (χ1v) is 11.6. The average Bonchev–Trinajstić information content (AvgIpc) is 2.82. The molecule has 0 radical (unpaired) electrons. The van der Waals surface area contributed by atoms with E-state index in [-0.39, 0.29) is 28.9 Å². The maximum Gasteiger partial charge on any atom is 0.337 e. The van der Waals surface area contributed by atoms with E-state index in [2.05, 4.69) is 34.9 Å². The lowest BCUT2D eigenvalue weighted by Gasteiger charge is -2.09. The van der Waals surface area contributed by atoms with Gasteiger partial charge in [0.1, 0.15) is 0 Å².